The van der Waals surface area contributed by atoms with Crippen molar-refractivity contribution >= 4 is 0 Å². The number of aliphatic hydroxyl groups excluding tert-OH is 1. The summed E-state index contributed by atoms with van der Waals surface area (Å²) in [5, 5.41) is 29.6. The third kappa shape index (κ3) is 4.20. The van der Waals surface area contributed by atoms with Crippen molar-refractivity contribution in [3.8, 4) is 34.1 Å². The van der Waals surface area contributed by atoms with Crippen molar-refractivity contribution in [1.29, 1.82) is 0 Å². The van der Waals surface area contributed by atoms with Gasteiger partial charge < -0.3 is 29.5 Å². The molecule has 6 nitrogen and oxygen atoms in total. The number of hydrogen-bond acceptors (Lipinski definition) is 6. The van der Waals surface area contributed by atoms with Crippen LogP contribution in [0.15, 0.2) is 24.3 Å². The van der Waals surface area contributed by atoms with Crippen molar-refractivity contribution in [2.24, 2.45) is 0 Å². The van der Waals surface area contributed by atoms with Crippen molar-refractivity contribution in [3.63, 3.8) is 0 Å². The van der Waals surface area contributed by atoms with Crippen LogP contribution in [0.3, 0.4) is 0 Å². The van der Waals surface area contributed by atoms with E-state index in [1.165, 1.54) is 6.07 Å². The van der Waals surface area contributed by atoms with Crippen molar-refractivity contribution in [2.45, 2.75) is 19.8 Å². The SMILES string of the molecule is CCc1c(O)cc(O)c(-c2ccc(OC)c(OC)c2)c1CCOCCO. The number of aromatic hydroxyl groups is 2. The van der Waals surface area contributed by atoms with Gasteiger partial charge in [0.25, 0.3) is 0 Å². The van der Waals surface area contributed by atoms with Gasteiger partial charge in [-0.05, 0) is 41.7 Å². The first-order valence-electron chi connectivity index (χ1n) is 8.55. The first-order valence-corrected chi connectivity index (χ1v) is 8.55. The molecule has 2 rings (SSSR count). The molecule has 0 bridgehead atoms. The first-order chi connectivity index (χ1) is 12.6. The largest absolute Gasteiger partial charge is 0.508 e. The predicted octanol–water partition coefficient (Wildman–Crippen LogP) is 2.90. The second-order valence-corrected chi connectivity index (χ2v) is 5.76. The molecule has 0 radical (unpaired) electrons. The Morgan fingerprint density at radius 1 is 0.885 bits per heavy atom. The minimum atomic E-state index is -0.0472. The molecule has 0 unspecified atom stereocenters. The number of phenols is 2. The maximum Gasteiger partial charge on any atom is 0.161 e. The van der Waals surface area contributed by atoms with Crippen molar-refractivity contribution in [1.82, 2.24) is 0 Å². The zero-order valence-corrected chi connectivity index (χ0v) is 15.4. The fourth-order valence-corrected chi connectivity index (χ4v) is 3.07. The van der Waals surface area contributed by atoms with E-state index in [-0.39, 0.29) is 24.7 Å². The molecule has 0 aliphatic rings. The fraction of sp³-hybridized carbons (Fsp3) is 0.400. The van der Waals surface area contributed by atoms with Gasteiger partial charge in [-0.3, -0.25) is 0 Å². The highest BCUT2D eigenvalue weighted by Gasteiger charge is 2.19. The van der Waals surface area contributed by atoms with Gasteiger partial charge in [0.05, 0.1) is 34.0 Å². The molecule has 3 N–H and O–H groups in total. The zero-order chi connectivity index (χ0) is 19.1. The van der Waals surface area contributed by atoms with Crippen LogP contribution >= 0.6 is 0 Å². The van der Waals surface area contributed by atoms with E-state index in [1.807, 2.05) is 13.0 Å². The summed E-state index contributed by atoms with van der Waals surface area (Å²) in [6, 6.07) is 6.77. The Balaban J connectivity index is 2.55. The van der Waals surface area contributed by atoms with Crippen LogP contribution in [0.25, 0.3) is 11.1 Å². The van der Waals surface area contributed by atoms with Crippen molar-refractivity contribution < 1.29 is 29.5 Å². The topological polar surface area (TPSA) is 88.4 Å². The molecule has 142 valence electrons. The second-order valence-electron chi connectivity index (χ2n) is 5.76. The lowest BCUT2D eigenvalue weighted by atomic mass is 9.90. The van der Waals surface area contributed by atoms with E-state index in [4.69, 9.17) is 19.3 Å². The second kappa shape index (κ2) is 9.31. The predicted molar refractivity (Wildman–Crippen MR) is 99.3 cm³/mol. The summed E-state index contributed by atoms with van der Waals surface area (Å²) < 4.78 is 16.0. The van der Waals surface area contributed by atoms with E-state index in [0.717, 1.165) is 16.7 Å². The Kier molecular flexibility index (Phi) is 7.12. The molecule has 0 aliphatic carbocycles. The highest BCUT2D eigenvalue weighted by Crippen LogP contribution is 2.42. The molecule has 0 aliphatic heterocycles. The number of phenolic OH excluding ortho intramolecular Hbond substituents is 2. The monoisotopic (exact) mass is 362 g/mol. The minimum absolute atomic E-state index is 0.0101. The van der Waals surface area contributed by atoms with Gasteiger partial charge in [0.2, 0.25) is 0 Å². The Hall–Kier alpha value is -2.44. The van der Waals surface area contributed by atoms with E-state index in [0.29, 0.717) is 36.5 Å². The van der Waals surface area contributed by atoms with Crippen LogP contribution in [-0.4, -0.2) is 49.4 Å². The van der Waals surface area contributed by atoms with Gasteiger partial charge in [0.1, 0.15) is 11.5 Å². The maximum absolute atomic E-state index is 10.5. The Morgan fingerprint density at radius 2 is 1.62 bits per heavy atom. The lowest BCUT2D eigenvalue weighted by molar-refractivity contribution is 0.0943. The molecule has 0 amide bonds. The van der Waals surface area contributed by atoms with E-state index in [1.54, 1.807) is 26.4 Å². The number of ether oxygens (including phenoxy) is 3. The van der Waals surface area contributed by atoms with Gasteiger partial charge in [-0.2, -0.15) is 0 Å². The van der Waals surface area contributed by atoms with Crippen LogP contribution in [0.4, 0.5) is 0 Å². The van der Waals surface area contributed by atoms with Crippen molar-refractivity contribution in [3.05, 3.63) is 35.4 Å². The lowest BCUT2D eigenvalue weighted by Gasteiger charge is -2.19. The van der Waals surface area contributed by atoms with Crippen LogP contribution in [-0.2, 0) is 17.6 Å². The third-order valence-electron chi connectivity index (χ3n) is 4.26. The van der Waals surface area contributed by atoms with Crippen LogP contribution in [0.2, 0.25) is 0 Å². The normalized spacial score (nSPS) is 10.8. The summed E-state index contributed by atoms with van der Waals surface area (Å²) in [6.45, 7) is 2.52. The smallest absolute Gasteiger partial charge is 0.161 e. The summed E-state index contributed by atoms with van der Waals surface area (Å²) in [6.07, 6.45) is 1.11. The third-order valence-corrected chi connectivity index (χ3v) is 4.26. The van der Waals surface area contributed by atoms with E-state index < -0.39 is 0 Å². The summed E-state index contributed by atoms with van der Waals surface area (Å²) >= 11 is 0. The molecule has 2 aromatic carbocycles. The zero-order valence-electron chi connectivity index (χ0n) is 15.4. The van der Waals surface area contributed by atoms with Gasteiger partial charge in [-0.1, -0.05) is 13.0 Å². The quantitative estimate of drug-likeness (QED) is 0.595. The van der Waals surface area contributed by atoms with Crippen molar-refractivity contribution in [2.75, 3.05) is 34.0 Å². The maximum atomic E-state index is 10.5. The Morgan fingerprint density at radius 3 is 2.23 bits per heavy atom. The molecule has 0 fully saturated rings. The highest BCUT2D eigenvalue weighted by molar-refractivity contribution is 5.78. The van der Waals surface area contributed by atoms with Crippen LogP contribution in [0.5, 0.6) is 23.0 Å². The fourth-order valence-electron chi connectivity index (χ4n) is 3.07. The summed E-state index contributed by atoms with van der Waals surface area (Å²) in [4.78, 5) is 0. The van der Waals surface area contributed by atoms with Crippen LogP contribution < -0.4 is 9.47 Å². The molecule has 0 aromatic heterocycles. The van der Waals surface area contributed by atoms with Gasteiger partial charge in [0.15, 0.2) is 11.5 Å². The van der Waals surface area contributed by atoms with Gasteiger partial charge in [-0.25, -0.2) is 0 Å². The molecule has 6 heteroatoms. The molecular formula is C20H26O6. The molecule has 0 saturated carbocycles. The average molecular weight is 362 g/mol. The number of rotatable bonds is 9. The van der Waals surface area contributed by atoms with E-state index >= 15 is 0 Å². The Bertz CT molecular complexity index is 742. The van der Waals surface area contributed by atoms with E-state index in [2.05, 4.69) is 0 Å². The minimum Gasteiger partial charge on any atom is -0.508 e. The standard InChI is InChI=1S/C20H26O6/c1-4-14-15(7-9-26-10-8-21)20(17(23)12-16(14)22)13-5-6-18(24-2)19(11-13)25-3/h5-6,11-12,21-23H,4,7-10H2,1-3H3. The summed E-state index contributed by atoms with van der Waals surface area (Å²) in [5.74, 6) is 1.20. The number of benzene rings is 2. The van der Waals surface area contributed by atoms with Crippen LogP contribution in [0.1, 0.15) is 18.1 Å². The van der Waals surface area contributed by atoms with Crippen LogP contribution in [0, 0.1) is 0 Å². The molecule has 26 heavy (non-hydrogen) atoms. The molecule has 0 atom stereocenters. The molecular weight excluding hydrogens is 336 g/mol. The van der Waals surface area contributed by atoms with Gasteiger partial charge >= 0.3 is 0 Å². The summed E-state index contributed by atoms with van der Waals surface area (Å²) in [5.41, 5.74) is 2.97. The molecule has 0 heterocycles. The van der Waals surface area contributed by atoms with Gasteiger partial charge in [0, 0.05) is 11.6 Å². The molecule has 2 aromatic rings. The first kappa shape index (κ1) is 19.9. The highest BCUT2D eigenvalue weighted by atomic mass is 16.5. The molecule has 0 spiro atoms. The number of aliphatic hydroxyl groups is 1. The average Bonchev–Trinajstić information content (AvgIpc) is 2.64. The Labute approximate surface area is 153 Å². The lowest BCUT2D eigenvalue weighted by Crippen LogP contribution is -2.07. The molecule has 0 saturated heterocycles. The summed E-state index contributed by atoms with van der Waals surface area (Å²) in [7, 11) is 3.12. The van der Waals surface area contributed by atoms with Gasteiger partial charge in [-0.15, -0.1) is 0 Å². The number of hydrogen-bond donors (Lipinski definition) is 3. The number of methoxy groups -OCH3 is 2. The van der Waals surface area contributed by atoms with E-state index in [9.17, 15) is 10.2 Å².